The normalized spacial score (nSPS) is 12.5. The van der Waals surface area contributed by atoms with Gasteiger partial charge in [-0.1, -0.05) is 6.07 Å². The molecule has 0 saturated carbocycles. The number of benzene rings is 1. The van der Waals surface area contributed by atoms with Gasteiger partial charge in [-0.05, 0) is 29.3 Å². The Morgan fingerprint density at radius 1 is 1.53 bits per heavy atom. The van der Waals surface area contributed by atoms with E-state index in [1.54, 1.807) is 6.07 Å². The lowest BCUT2D eigenvalue weighted by Crippen LogP contribution is -2.17. The minimum atomic E-state index is -0.996. The van der Waals surface area contributed by atoms with E-state index in [2.05, 4.69) is 10.2 Å². The lowest BCUT2D eigenvalue weighted by Gasteiger charge is -2.07. The molecule has 1 aromatic carbocycles. The molecule has 6 heteroatoms. The molecule has 0 radical (unpaired) electrons. The number of hydrogen-bond acceptors (Lipinski definition) is 5. The standard InChI is InChI=1S/C11H12N2O4/c1-12-6-8(11(15)16)4-7-2-3-10(14)9(5-7)13-17/h2-3,5-6,8,14H,4H2,1H3,(H,15,16)/b12-6+. The third kappa shape index (κ3) is 3.37. The summed E-state index contributed by atoms with van der Waals surface area (Å²) < 4.78 is 0. The molecule has 90 valence electrons. The monoisotopic (exact) mass is 236 g/mol. The maximum atomic E-state index is 10.9. The van der Waals surface area contributed by atoms with E-state index in [0.717, 1.165) is 0 Å². The first-order chi connectivity index (χ1) is 8.08. The zero-order valence-corrected chi connectivity index (χ0v) is 9.20. The van der Waals surface area contributed by atoms with Crippen LogP contribution in [0.1, 0.15) is 5.56 Å². The number of nitrogens with zero attached hydrogens (tertiary/aromatic N) is 2. The fourth-order valence-corrected chi connectivity index (χ4v) is 1.41. The first-order valence-electron chi connectivity index (χ1n) is 4.88. The van der Waals surface area contributed by atoms with Crippen LogP contribution < -0.4 is 0 Å². The van der Waals surface area contributed by atoms with Crippen molar-refractivity contribution in [2.24, 2.45) is 16.1 Å². The average Bonchev–Trinajstić information content (AvgIpc) is 2.30. The summed E-state index contributed by atoms with van der Waals surface area (Å²) in [5.74, 6) is -1.98. The van der Waals surface area contributed by atoms with Gasteiger partial charge in [-0.2, -0.15) is 0 Å². The van der Waals surface area contributed by atoms with Crippen molar-refractivity contribution < 1.29 is 15.0 Å². The van der Waals surface area contributed by atoms with Crippen molar-refractivity contribution in [3.05, 3.63) is 28.7 Å². The zero-order chi connectivity index (χ0) is 12.8. The number of aromatic hydroxyl groups is 1. The largest absolute Gasteiger partial charge is 0.506 e. The Balaban J connectivity index is 2.93. The topological polar surface area (TPSA) is 99.3 Å². The summed E-state index contributed by atoms with van der Waals surface area (Å²) in [5.41, 5.74) is 0.504. The maximum Gasteiger partial charge on any atom is 0.312 e. The molecule has 0 aliphatic carbocycles. The van der Waals surface area contributed by atoms with Crippen molar-refractivity contribution in [1.29, 1.82) is 0 Å². The molecule has 6 nitrogen and oxygen atoms in total. The lowest BCUT2D eigenvalue weighted by atomic mass is 10.00. The highest BCUT2D eigenvalue weighted by molar-refractivity contribution is 5.88. The highest BCUT2D eigenvalue weighted by Gasteiger charge is 2.16. The fraction of sp³-hybridized carbons (Fsp3) is 0.273. The maximum absolute atomic E-state index is 10.9. The summed E-state index contributed by atoms with van der Waals surface area (Å²) in [6.07, 6.45) is 1.51. The number of carboxylic acids is 1. The molecule has 1 rings (SSSR count). The Labute approximate surface area is 97.6 Å². The van der Waals surface area contributed by atoms with Crippen molar-refractivity contribution >= 4 is 17.9 Å². The second-order valence-electron chi connectivity index (χ2n) is 3.47. The van der Waals surface area contributed by atoms with Crippen LogP contribution in [-0.4, -0.2) is 29.4 Å². The van der Waals surface area contributed by atoms with E-state index in [-0.39, 0.29) is 17.9 Å². The minimum Gasteiger partial charge on any atom is -0.506 e. The van der Waals surface area contributed by atoms with Gasteiger partial charge in [-0.15, -0.1) is 4.91 Å². The molecule has 0 spiro atoms. The molecular formula is C11H12N2O4. The predicted octanol–water partition coefficient (Wildman–Crippen LogP) is 1.73. The number of rotatable bonds is 5. The first-order valence-corrected chi connectivity index (χ1v) is 4.88. The van der Waals surface area contributed by atoms with E-state index in [0.29, 0.717) is 5.56 Å². The molecule has 1 aromatic rings. The molecule has 2 N–H and O–H groups in total. The highest BCUT2D eigenvalue weighted by Crippen LogP contribution is 2.27. The second kappa shape index (κ2) is 5.74. The van der Waals surface area contributed by atoms with Crippen molar-refractivity contribution in [3.63, 3.8) is 0 Å². The van der Waals surface area contributed by atoms with Gasteiger partial charge in [0.2, 0.25) is 0 Å². The first kappa shape index (κ1) is 12.8. The summed E-state index contributed by atoms with van der Waals surface area (Å²) in [6, 6.07) is 4.22. The molecule has 0 aliphatic heterocycles. The second-order valence-corrected chi connectivity index (χ2v) is 3.47. The van der Waals surface area contributed by atoms with Gasteiger partial charge >= 0.3 is 5.97 Å². The third-order valence-corrected chi connectivity index (χ3v) is 2.24. The van der Waals surface area contributed by atoms with Crippen LogP contribution in [0.2, 0.25) is 0 Å². The van der Waals surface area contributed by atoms with Crippen molar-refractivity contribution in [1.82, 2.24) is 0 Å². The number of carbonyl (C=O) groups is 1. The van der Waals surface area contributed by atoms with E-state index in [1.165, 1.54) is 25.4 Å². The van der Waals surface area contributed by atoms with Gasteiger partial charge in [0.15, 0.2) is 0 Å². The van der Waals surface area contributed by atoms with Gasteiger partial charge in [0.05, 0.1) is 5.92 Å². The number of phenols is 1. The molecule has 0 heterocycles. The summed E-state index contributed by atoms with van der Waals surface area (Å²) in [4.78, 5) is 24.9. The molecule has 0 saturated heterocycles. The summed E-state index contributed by atoms with van der Waals surface area (Å²) in [6.45, 7) is 0. The number of phenolic OH excluding ortho intramolecular Hbond substituents is 1. The lowest BCUT2D eigenvalue weighted by molar-refractivity contribution is -0.139. The molecule has 0 aromatic heterocycles. The van der Waals surface area contributed by atoms with Gasteiger partial charge in [0.1, 0.15) is 11.4 Å². The molecule has 0 fully saturated rings. The Morgan fingerprint density at radius 3 is 2.76 bits per heavy atom. The van der Waals surface area contributed by atoms with Crippen LogP contribution in [0.3, 0.4) is 0 Å². The smallest absolute Gasteiger partial charge is 0.312 e. The molecule has 0 bridgehead atoms. The Kier molecular flexibility index (Phi) is 4.33. The average molecular weight is 236 g/mol. The Hall–Kier alpha value is -2.24. The molecule has 17 heavy (non-hydrogen) atoms. The highest BCUT2D eigenvalue weighted by atomic mass is 16.4. The zero-order valence-electron chi connectivity index (χ0n) is 9.20. The van der Waals surface area contributed by atoms with Crippen LogP contribution in [0.4, 0.5) is 5.69 Å². The predicted molar refractivity (Wildman–Crippen MR) is 62.8 cm³/mol. The van der Waals surface area contributed by atoms with Crippen molar-refractivity contribution in [2.45, 2.75) is 6.42 Å². The van der Waals surface area contributed by atoms with Gasteiger partial charge in [0, 0.05) is 13.3 Å². The summed E-state index contributed by atoms with van der Waals surface area (Å²) >= 11 is 0. The Bertz CT molecular complexity index is 457. The SMILES string of the molecule is C/N=C/C(Cc1ccc(O)c(N=O)c1)C(=O)O. The number of hydrogen-bond donors (Lipinski definition) is 2. The van der Waals surface area contributed by atoms with E-state index in [1.807, 2.05) is 0 Å². The molecule has 1 atom stereocenters. The van der Waals surface area contributed by atoms with Crippen molar-refractivity contribution in [3.8, 4) is 5.75 Å². The van der Waals surface area contributed by atoms with E-state index < -0.39 is 11.9 Å². The molecular weight excluding hydrogens is 224 g/mol. The molecule has 0 aliphatic rings. The number of aliphatic imine (C=N–C) groups is 1. The van der Waals surface area contributed by atoms with Crippen LogP contribution in [0.5, 0.6) is 5.75 Å². The van der Waals surface area contributed by atoms with Crippen molar-refractivity contribution in [2.75, 3.05) is 7.05 Å². The summed E-state index contributed by atoms with van der Waals surface area (Å²) in [7, 11) is 1.49. The van der Waals surface area contributed by atoms with Gasteiger partial charge < -0.3 is 10.2 Å². The van der Waals surface area contributed by atoms with E-state index in [4.69, 9.17) is 5.11 Å². The molecule has 0 amide bonds. The van der Waals surface area contributed by atoms with Crippen LogP contribution in [0.25, 0.3) is 0 Å². The van der Waals surface area contributed by atoms with E-state index >= 15 is 0 Å². The van der Waals surface area contributed by atoms with Gasteiger partial charge in [-0.25, -0.2) is 0 Å². The minimum absolute atomic E-state index is 0.0972. The third-order valence-electron chi connectivity index (χ3n) is 2.24. The quantitative estimate of drug-likeness (QED) is 0.600. The van der Waals surface area contributed by atoms with Crippen LogP contribution >= 0.6 is 0 Å². The number of nitroso groups, excluding NO2 is 1. The number of aliphatic carboxylic acids is 1. The fourth-order valence-electron chi connectivity index (χ4n) is 1.41. The van der Waals surface area contributed by atoms with Gasteiger partial charge in [0.25, 0.3) is 0 Å². The number of carboxylic acid groups (broad SMARTS) is 1. The van der Waals surface area contributed by atoms with Gasteiger partial charge in [-0.3, -0.25) is 9.79 Å². The van der Waals surface area contributed by atoms with Crippen LogP contribution in [0.15, 0.2) is 28.4 Å². The van der Waals surface area contributed by atoms with Crippen LogP contribution in [-0.2, 0) is 11.2 Å². The van der Waals surface area contributed by atoms with Crippen LogP contribution in [0, 0.1) is 10.8 Å². The van der Waals surface area contributed by atoms with E-state index in [9.17, 15) is 14.8 Å². The Morgan fingerprint density at radius 2 is 2.24 bits per heavy atom. The molecule has 1 unspecified atom stereocenters. The summed E-state index contributed by atoms with van der Waals surface area (Å²) in [5, 5.41) is 20.8.